The third kappa shape index (κ3) is 4.89. The number of anilines is 1. The minimum Gasteiger partial charge on any atom is -0.493 e. The van der Waals surface area contributed by atoms with Crippen molar-refractivity contribution in [2.75, 3.05) is 12.4 Å². The summed E-state index contributed by atoms with van der Waals surface area (Å²) in [6, 6.07) is 8.93. The van der Waals surface area contributed by atoms with Gasteiger partial charge < -0.3 is 19.9 Å². The number of nitrogens with one attached hydrogen (secondary N) is 1. The van der Waals surface area contributed by atoms with Crippen LogP contribution in [0.5, 0.6) is 11.5 Å². The summed E-state index contributed by atoms with van der Waals surface area (Å²) in [5, 5.41) is 12.4. The van der Waals surface area contributed by atoms with E-state index >= 15 is 0 Å². The Morgan fingerprint density at radius 3 is 2.56 bits per heavy atom. The third-order valence-corrected chi connectivity index (χ3v) is 4.19. The molecule has 2 N–H and O–H groups in total. The van der Waals surface area contributed by atoms with Gasteiger partial charge in [-0.25, -0.2) is 4.79 Å². The van der Waals surface area contributed by atoms with Gasteiger partial charge in [-0.2, -0.15) is 0 Å². The summed E-state index contributed by atoms with van der Waals surface area (Å²) in [5.74, 6) is 0.421. The van der Waals surface area contributed by atoms with Gasteiger partial charge in [0.1, 0.15) is 0 Å². The van der Waals surface area contributed by atoms with Crippen LogP contribution in [0.3, 0.4) is 0 Å². The lowest BCUT2D eigenvalue weighted by molar-refractivity contribution is 0.0697. The van der Waals surface area contributed by atoms with E-state index in [4.69, 9.17) is 14.6 Å². The van der Waals surface area contributed by atoms with Gasteiger partial charge in [-0.05, 0) is 78.2 Å². The van der Waals surface area contributed by atoms with Crippen molar-refractivity contribution in [1.29, 1.82) is 0 Å². The number of hydrogen-bond acceptors (Lipinski definition) is 4. The smallest absolute Gasteiger partial charge is 0.335 e. The summed E-state index contributed by atoms with van der Waals surface area (Å²) < 4.78 is 12.1. The van der Waals surface area contributed by atoms with Crippen LogP contribution in [-0.4, -0.2) is 24.3 Å². The van der Waals surface area contributed by atoms with Gasteiger partial charge in [0, 0.05) is 12.2 Å². The second-order valence-corrected chi connectivity index (χ2v) is 6.82. The van der Waals surface area contributed by atoms with Gasteiger partial charge in [0.25, 0.3) is 0 Å². The fraction of sp³-hybridized carbons (Fsp3) is 0.316. The van der Waals surface area contributed by atoms with Gasteiger partial charge in [0.15, 0.2) is 11.5 Å². The average molecular weight is 408 g/mol. The average Bonchev–Trinajstić information content (AvgIpc) is 2.55. The van der Waals surface area contributed by atoms with Gasteiger partial charge >= 0.3 is 5.97 Å². The number of carbonyl (C=O) groups is 1. The first-order valence-electron chi connectivity index (χ1n) is 7.92. The molecule has 0 unspecified atom stereocenters. The van der Waals surface area contributed by atoms with Crippen LogP contribution in [0.25, 0.3) is 0 Å². The topological polar surface area (TPSA) is 67.8 Å². The minimum atomic E-state index is -0.927. The van der Waals surface area contributed by atoms with Crippen molar-refractivity contribution in [3.63, 3.8) is 0 Å². The standard InChI is InChI=1S/C19H22BrNO4/c1-11(2)25-18-15(20)8-13(9-17(18)24-4)10-21-16-6-5-14(19(22)23)7-12(16)3/h5-9,11,21H,10H2,1-4H3,(H,22,23). The zero-order valence-corrected chi connectivity index (χ0v) is 16.3. The summed E-state index contributed by atoms with van der Waals surface area (Å²) in [7, 11) is 1.61. The molecule has 0 fully saturated rings. The molecule has 2 aromatic carbocycles. The van der Waals surface area contributed by atoms with Crippen LogP contribution in [0.4, 0.5) is 5.69 Å². The number of aromatic carboxylic acids is 1. The number of benzene rings is 2. The highest BCUT2D eigenvalue weighted by atomic mass is 79.9. The number of halogens is 1. The van der Waals surface area contributed by atoms with Gasteiger partial charge in [-0.1, -0.05) is 0 Å². The molecule has 0 aromatic heterocycles. The molecule has 0 atom stereocenters. The van der Waals surface area contributed by atoms with Crippen LogP contribution in [0, 0.1) is 6.92 Å². The van der Waals surface area contributed by atoms with E-state index in [1.54, 1.807) is 25.3 Å². The van der Waals surface area contributed by atoms with Crippen molar-refractivity contribution < 1.29 is 19.4 Å². The van der Waals surface area contributed by atoms with E-state index in [-0.39, 0.29) is 11.7 Å². The lowest BCUT2D eigenvalue weighted by Gasteiger charge is -2.17. The molecular weight excluding hydrogens is 386 g/mol. The Kier molecular flexibility index (Phi) is 6.31. The summed E-state index contributed by atoms with van der Waals surface area (Å²) >= 11 is 3.54. The van der Waals surface area contributed by atoms with Crippen LogP contribution in [0.2, 0.25) is 0 Å². The first kappa shape index (κ1) is 19.1. The van der Waals surface area contributed by atoms with Gasteiger partial charge in [0.05, 0.1) is 23.2 Å². The molecule has 0 aliphatic heterocycles. The van der Waals surface area contributed by atoms with Gasteiger partial charge in [-0.15, -0.1) is 0 Å². The van der Waals surface area contributed by atoms with Gasteiger partial charge in [-0.3, -0.25) is 0 Å². The minimum absolute atomic E-state index is 0.0459. The van der Waals surface area contributed by atoms with Crippen molar-refractivity contribution in [2.45, 2.75) is 33.4 Å². The van der Waals surface area contributed by atoms with E-state index in [9.17, 15) is 4.79 Å². The molecule has 0 radical (unpaired) electrons. The normalized spacial score (nSPS) is 10.6. The summed E-state index contributed by atoms with van der Waals surface area (Å²) in [5.41, 5.74) is 3.07. The summed E-state index contributed by atoms with van der Waals surface area (Å²) in [4.78, 5) is 11.0. The number of aryl methyl sites for hydroxylation is 1. The maximum Gasteiger partial charge on any atom is 0.335 e. The first-order chi connectivity index (χ1) is 11.8. The molecular formula is C19H22BrNO4. The lowest BCUT2D eigenvalue weighted by Crippen LogP contribution is -2.08. The zero-order valence-electron chi connectivity index (χ0n) is 14.7. The molecule has 2 rings (SSSR count). The van der Waals surface area contributed by atoms with E-state index < -0.39 is 5.97 Å². The van der Waals surface area contributed by atoms with Crippen LogP contribution in [-0.2, 0) is 6.54 Å². The van der Waals surface area contributed by atoms with E-state index in [1.165, 1.54) is 0 Å². The van der Waals surface area contributed by atoms with Crippen LogP contribution in [0.1, 0.15) is 35.3 Å². The Bertz CT molecular complexity index is 774. The van der Waals surface area contributed by atoms with Crippen LogP contribution < -0.4 is 14.8 Å². The van der Waals surface area contributed by atoms with Crippen molar-refractivity contribution in [3.05, 3.63) is 51.5 Å². The molecule has 0 aliphatic rings. The molecule has 0 heterocycles. The molecule has 0 saturated carbocycles. The number of carboxylic acids is 1. The second kappa shape index (κ2) is 8.25. The number of rotatable bonds is 7. The predicted octanol–water partition coefficient (Wildman–Crippen LogP) is 4.86. The van der Waals surface area contributed by atoms with Gasteiger partial charge in [0.2, 0.25) is 0 Å². The molecule has 0 saturated heterocycles. The Hall–Kier alpha value is -2.21. The Morgan fingerprint density at radius 1 is 1.28 bits per heavy atom. The molecule has 134 valence electrons. The van der Waals surface area contributed by atoms with Crippen molar-refractivity contribution in [1.82, 2.24) is 0 Å². The molecule has 0 bridgehead atoms. The number of carboxylic acid groups (broad SMARTS) is 1. The molecule has 0 aliphatic carbocycles. The highest BCUT2D eigenvalue weighted by molar-refractivity contribution is 9.10. The Labute approximate surface area is 156 Å². The lowest BCUT2D eigenvalue weighted by atomic mass is 10.1. The van der Waals surface area contributed by atoms with E-state index in [1.807, 2.05) is 32.9 Å². The molecule has 6 heteroatoms. The molecule has 5 nitrogen and oxygen atoms in total. The summed E-state index contributed by atoms with van der Waals surface area (Å²) in [6.45, 7) is 6.38. The highest BCUT2D eigenvalue weighted by Gasteiger charge is 2.13. The monoisotopic (exact) mass is 407 g/mol. The number of ether oxygens (including phenoxy) is 2. The third-order valence-electron chi connectivity index (χ3n) is 3.60. The van der Waals surface area contributed by atoms with Crippen molar-refractivity contribution in [2.24, 2.45) is 0 Å². The molecule has 2 aromatic rings. The van der Waals surface area contributed by atoms with Crippen molar-refractivity contribution in [3.8, 4) is 11.5 Å². The van der Waals surface area contributed by atoms with E-state index in [0.29, 0.717) is 18.0 Å². The van der Waals surface area contributed by atoms with E-state index in [0.717, 1.165) is 21.3 Å². The Morgan fingerprint density at radius 2 is 2.00 bits per heavy atom. The maximum atomic E-state index is 11.0. The summed E-state index contributed by atoms with van der Waals surface area (Å²) in [6.07, 6.45) is 0.0459. The van der Waals surface area contributed by atoms with Crippen LogP contribution in [0.15, 0.2) is 34.8 Å². The maximum absolute atomic E-state index is 11.0. The second-order valence-electron chi connectivity index (χ2n) is 5.96. The van der Waals surface area contributed by atoms with Crippen molar-refractivity contribution >= 4 is 27.6 Å². The van der Waals surface area contributed by atoms with Crippen LogP contribution >= 0.6 is 15.9 Å². The number of hydrogen-bond donors (Lipinski definition) is 2. The highest BCUT2D eigenvalue weighted by Crippen LogP contribution is 2.37. The fourth-order valence-electron chi connectivity index (χ4n) is 2.42. The fourth-order valence-corrected chi connectivity index (χ4v) is 3.00. The SMILES string of the molecule is COc1cc(CNc2ccc(C(=O)O)cc2C)cc(Br)c1OC(C)C. The molecule has 0 amide bonds. The van der Waals surface area contributed by atoms with E-state index in [2.05, 4.69) is 21.2 Å². The predicted molar refractivity (Wildman–Crippen MR) is 102 cm³/mol. The largest absolute Gasteiger partial charge is 0.493 e. The Balaban J connectivity index is 2.18. The number of methoxy groups -OCH3 is 1. The first-order valence-corrected chi connectivity index (χ1v) is 8.72. The molecule has 25 heavy (non-hydrogen) atoms. The quantitative estimate of drug-likeness (QED) is 0.685. The zero-order chi connectivity index (χ0) is 18.6. The molecule has 0 spiro atoms.